The molecule has 0 bridgehead atoms. The van der Waals surface area contributed by atoms with Gasteiger partial charge in [-0.25, -0.2) is 9.98 Å². The Hall–Kier alpha value is -7.37. The van der Waals surface area contributed by atoms with Crippen LogP contribution in [0.5, 0.6) is 0 Å². The van der Waals surface area contributed by atoms with Crippen molar-refractivity contribution in [1.82, 2.24) is 10.3 Å². The number of aromatic nitrogens is 1. The molecule has 1 aliphatic heterocycles. The quantitative estimate of drug-likeness (QED) is 0.194. The third-order valence-electron chi connectivity index (χ3n) is 10.8. The summed E-state index contributed by atoms with van der Waals surface area (Å²) < 4.78 is 6.22. The minimum Gasteiger partial charge on any atom is -0.454 e. The van der Waals surface area contributed by atoms with Crippen LogP contribution < -0.4 is 5.32 Å². The van der Waals surface area contributed by atoms with Crippen LogP contribution in [-0.2, 0) is 0 Å². The first-order chi connectivity index (χ1) is 27.3. The lowest BCUT2D eigenvalue weighted by Crippen LogP contribution is -2.33. The maximum Gasteiger partial charge on any atom is 0.159 e. The van der Waals surface area contributed by atoms with E-state index >= 15 is 0 Å². The predicted molar refractivity (Wildman–Crippen MR) is 227 cm³/mol. The molecule has 0 radical (unpaired) electrons. The van der Waals surface area contributed by atoms with Crippen molar-refractivity contribution in [2.24, 2.45) is 9.98 Å². The summed E-state index contributed by atoms with van der Waals surface area (Å²) in [5.41, 5.74) is 10.2. The van der Waals surface area contributed by atoms with Crippen LogP contribution in [0.3, 0.4) is 0 Å². The number of pyridine rings is 1. The summed E-state index contributed by atoms with van der Waals surface area (Å²) in [6.07, 6.45) is 1.52. The average molecular weight is 705 g/mol. The first-order valence-corrected chi connectivity index (χ1v) is 18.5. The Labute approximate surface area is 317 Å². The Balaban J connectivity index is 1.06. The molecule has 2 aromatic heterocycles. The van der Waals surface area contributed by atoms with Gasteiger partial charge in [0, 0.05) is 17.3 Å². The Bertz CT molecular complexity index is 3200. The zero-order valence-electron chi connectivity index (χ0n) is 29.6. The Morgan fingerprint density at radius 1 is 0.473 bits per heavy atom. The van der Waals surface area contributed by atoms with Gasteiger partial charge in [-0.05, 0) is 84.4 Å². The van der Waals surface area contributed by atoms with Gasteiger partial charge in [0.05, 0.1) is 5.39 Å². The number of nitrogens with zero attached hydrogens (tertiary/aromatic N) is 3. The van der Waals surface area contributed by atoms with E-state index in [0.29, 0.717) is 5.84 Å². The van der Waals surface area contributed by atoms with Crippen molar-refractivity contribution < 1.29 is 4.42 Å². The van der Waals surface area contributed by atoms with Gasteiger partial charge in [-0.3, -0.25) is 4.98 Å². The summed E-state index contributed by atoms with van der Waals surface area (Å²) >= 11 is 0. The normalized spacial score (nSPS) is 14.4. The van der Waals surface area contributed by atoms with E-state index in [1.165, 1.54) is 27.1 Å². The molecule has 0 spiro atoms. The number of hydrogen-bond acceptors (Lipinski definition) is 5. The Morgan fingerprint density at radius 3 is 1.84 bits per heavy atom. The van der Waals surface area contributed by atoms with E-state index in [2.05, 4.69) is 145 Å². The largest absolute Gasteiger partial charge is 0.454 e. The van der Waals surface area contributed by atoms with Crippen molar-refractivity contribution in [3.05, 3.63) is 199 Å². The zero-order valence-corrected chi connectivity index (χ0v) is 29.6. The van der Waals surface area contributed by atoms with E-state index in [9.17, 15) is 0 Å². The summed E-state index contributed by atoms with van der Waals surface area (Å²) in [4.78, 5) is 15.1. The van der Waals surface area contributed by atoms with Crippen molar-refractivity contribution in [1.29, 1.82) is 0 Å². The standard InChI is InChI=1S/C50H32N4O/c1-2-13-32(14-3-1)48-52-49(34-24-23-31-12-4-5-15-33(31)30-34)54-50(53-48)43-28-27-40(37-18-8-9-19-38(37)43)39-25-26-41(36-17-7-6-16-35(36)39)42-20-10-21-44-46(42)47-45(55-44)22-11-29-51-47/h1-30,49H,(H,52,53,54). The summed E-state index contributed by atoms with van der Waals surface area (Å²) in [6.45, 7) is 0. The van der Waals surface area contributed by atoms with Crippen molar-refractivity contribution in [3.63, 3.8) is 0 Å². The molecule has 0 fully saturated rings. The first kappa shape index (κ1) is 31.2. The van der Waals surface area contributed by atoms with Crippen LogP contribution in [0.1, 0.15) is 22.9 Å². The van der Waals surface area contributed by atoms with Gasteiger partial charge in [0.25, 0.3) is 0 Å². The minimum absolute atomic E-state index is 0.311. The van der Waals surface area contributed by atoms with E-state index < -0.39 is 0 Å². The van der Waals surface area contributed by atoms with Crippen LogP contribution >= 0.6 is 0 Å². The maximum absolute atomic E-state index is 6.22. The second-order valence-electron chi connectivity index (χ2n) is 14.0. The Morgan fingerprint density at radius 2 is 1.09 bits per heavy atom. The number of fused-ring (bicyclic) bond motifs is 6. The van der Waals surface area contributed by atoms with Gasteiger partial charge in [-0.1, -0.05) is 152 Å². The molecule has 11 rings (SSSR count). The second kappa shape index (κ2) is 12.6. The molecule has 55 heavy (non-hydrogen) atoms. The fraction of sp³-hybridized carbons (Fsp3) is 0.0200. The zero-order chi connectivity index (χ0) is 36.3. The lowest BCUT2D eigenvalue weighted by Gasteiger charge is -2.25. The lowest BCUT2D eigenvalue weighted by atomic mass is 9.88. The van der Waals surface area contributed by atoms with Crippen molar-refractivity contribution in [3.8, 4) is 22.3 Å². The van der Waals surface area contributed by atoms with Gasteiger partial charge in [0.15, 0.2) is 11.4 Å². The molecule has 8 aromatic carbocycles. The SMILES string of the molecule is c1ccc(C2=NC(c3ccc4ccccc4c3)NC(c3ccc(-c4ccc(-c5cccc6oc7cccnc7c56)c5ccccc45)c4ccccc34)=N2)cc1. The van der Waals surface area contributed by atoms with Crippen molar-refractivity contribution in [2.45, 2.75) is 6.17 Å². The first-order valence-electron chi connectivity index (χ1n) is 18.5. The molecule has 0 saturated heterocycles. The van der Waals surface area contributed by atoms with Crippen LogP contribution in [0, 0.1) is 0 Å². The number of hydrogen-bond donors (Lipinski definition) is 1. The molecule has 258 valence electrons. The number of rotatable bonds is 5. The summed E-state index contributed by atoms with van der Waals surface area (Å²) in [5, 5.41) is 11.8. The molecule has 3 heterocycles. The predicted octanol–water partition coefficient (Wildman–Crippen LogP) is 12.3. The second-order valence-corrected chi connectivity index (χ2v) is 14.0. The van der Waals surface area contributed by atoms with E-state index in [1.807, 2.05) is 42.6 Å². The monoisotopic (exact) mass is 704 g/mol. The molecular formula is C50H32N4O. The molecule has 5 nitrogen and oxygen atoms in total. The molecule has 0 amide bonds. The highest BCUT2D eigenvalue weighted by Crippen LogP contribution is 2.42. The molecule has 1 atom stereocenters. The highest BCUT2D eigenvalue weighted by molar-refractivity contribution is 6.21. The number of furan rings is 1. The highest BCUT2D eigenvalue weighted by Gasteiger charge is 2.24. The van der Waals surface area contributed by atoms with Crippen molar-refractivity contribution >= 4 is 66.1 Å². The molecule has 10 aromatic rings. The average Bonchev–Trinajstić information content (AvgIpc) is 3.65. The topological polar surface area (TPSA) is 62.8 Å². The number of aliphatic imine (C=N–C) groups is 2. The third kappa shape index (κ3) is 5.20. The smallest absolute Gasteiger partial charge is 0.159 e. The molecule has 0 aliphatic carbocycles. The minimum atomic E-state index is -0.311. The van der Waals surface area contributed by atoms with Crippen LogP contribution in [0.2, 0.25) is 0 Å². The fourth-order valence-electron chi connectivity index (χ4n) is 8.22. The fourth-order valence-corrected chi connectivity index (χ4v) is 8.22. The lowest BCUT2D eigenvalue weighted by molar-refractivity contribution is 0.668. The van der Waals surface area contributed by atoms with Crippen LogP contribution in [-0.4, -0.2) is 16.7 Å². The maximum atomic E-state index is 6.22. The van der Waals surface area contributed by atoms with Gasteiger partial charge >= 0.3 is 0 Å². The van der Waals surface area contributed by atoms with E-state index in [-0.39, 0.29) is 6.17 Å². The van der Waals surface area contributed by atoms with Crippen LogP contribution in [0.25, 0.3) is 76.6 Å². The van der Waals surface area contributed by atoms with Crippen LogP contribution in [0.4, 0.5) is 0 Å². The molecule has 1 unspecified atom stereocenters. The molecular weight excluding hydrogens is 673 g/mol. The number of amidine groups is 2. The molecule has 5 heteroatoms. The third-order valence-corrected chi connectivity index (χ3v) is 10.8. The summed E-state index contributed by atoms with van der Waals surface area (Å²) in [6, 6.07) is 61.7. The van der Waals surface area contributed by atoms with Gasteiger partial charge in [0.1, 0.15) is 23.1 Å². The van der Waals surface area contributed by atoms with E-state index in [1.54, 1.807) is 0 Å². The molecule has 1 aliphatic rings. The number of nitrogens with one attached hydrogen (secondary N) is 1. The van der Waals surface area contributed by atoms with Gasteiger partial charge in [-0.15, -0.1) is 0 Å². The summed E-state index contributed by atoms with van der Waals surface area (Å²) in [5.74, 6) is 1.50. The molecule has 1 N–H and O–H groups in total. The van der Waals surface area contributed by atoms with E-state index in [0.717, 1.165) is 72.1 Å². The molecule has 0 saturated carbocycles. The summed E-state index contributed by atoms with van der Waals surface area (Å²) in [7, 11) is 0. The van der Waals surface area contributed by atoms with Gasteiger partial charge < -0.3 is 9.73 Å². The van der Waals surface area contributed by atoms with Gasteiger partial charge in [0.2, 0.25) is 0 Å². The highest BCUT2D eigenvalue weighted by atomic mass is 16.3. The van der Waals surface area contributed by atoms with Crippen LogP contribution in [0.15, 0.2) is 197 Å². The van der Waals surface area contributed by atoms with Gasteiger partial charge in [-0.2, -0.15) is 0 Å². The van der Waals surface area contributed by atoms with Crippen molar-refractivity contribution in [2.75, 3.05) is 0 Å². The number of benzene rings is 8. The Kier molecular flexibility index (Phi) is 7.17. The van der Waals surface area contributed by atoms with E-state index in [4.69, 9.17) is 19.4 Å².